The maximum atomic E-state index is 13.5. The van der Waals surface area contributed by atoms with Crippen LogP contribution in [0.3, 0.4) is 0 Å². The van der Waals surface area contributed by atoms with E-state index in [-0.39, 0.29) is 17.6 Å². The van der Waals surface area contributed by atoms with Crippen LogP contribution in [-0.2, 0) is 11.8 Å². The van der Waals surface area contributed by atoms with Gasteiger partial charge in [-0.2, -0.15) is 0 Å². The molecule has 6 heteroatoms. The van der Waals surface area contributed by atoms with E-state index in [9.17, 15) is 14.0 Å². The van der Waals surface area contributed by atoms with Crippen LogP contribution in [0.15, 0.2) is 79.0 Å². The Balaban J connectivity index is 1.57. The van der Waals surface area contributed by atoms with Crippen LogP contribution in [0.5, 0.6) is 0 Å². The SMILES string of the molecule is C[C@H](C(=O)Nc1ccc(F)cc1)N1C(=O)c2ccccc2[C@H]1c1cn(C)c2ccccc12. The first-order valence-electron chi connectivity index (χ1n) is 10.5. The third kappa shape index (κ3) is 3.15. The lowest BCUT2D eigenvalue weighted by Crippen LogP contribution is -2.44. The minimum absolute atomic E-state index is 0.180. The Hall–Kier alpha value is -3.93. The molecule has 1 aliphatic heterocycles. The summed E-state index contributed by atoms with van der Waals surface area (Å²) in [7, 11) is 1.98. The van der Waals surface area contributed by atoms with Crippen LogP contribution in [0.2, 0.25) is 0 Å². The summed E-state index contributed by atoms with van der Waals surface area (Å²) in [6.07, 6.45) is 2.03. The van der Waals surface area contributed by atoms with Crippen LogP contribution < -0.4 is 5.32 Å². The highest BCUT2D eigenvalue weighted by Gasteiger charge is 2.43. The first-order valence-corrected chi connectivity index (χ1v) is 10.5. The predicted molar refractivity (Wildman–Crippen MR) is 122 cm³/mol. The molecule has 5 rings (SSSR count). The van der Waals surface area contributed by atoms with E-state index in [2.05, 4.69) is 5.32 Å². The van der Waals surface area contributed by atoms with Crippen molar-refractivity contribution in [1.29, 1.82) is 0 Å². The van der Waals surface area contributed by atoms with Gasteiger partial charge >= 0.3 is 0 Å². The van der Waals surface area contributed by atoms with Crippen molar-refractivity contribution in [3.8, 4) is 0 Å². The minimum atomic E-state index is -0.746. The van der Waals surface area contributed by atoms with E-state index in [1.165, 1.54) is 24.3 Å². The maximum absolute atomic E-state index is 13.5. The Labute approximate surface area is 185 Å². The number of para-hydroxylation sites is 1. The van der Waals surface area contributed by atoms with Gasteiger partial charge in [-0.25, -0.2) is 4.39 Å². The summed E-state index contributed by atoms with van der Waals surface area (Å²) in [6, 6.07) is 20.0. The number of aryl methyl sites for hydroxylation is 1. The second-order valence-electron chi connectivity index (χ2n) is 8.09. The Bertz CT molecular complexity index is 1340. The van der Waals surface area contributed by atoms with Gasteiger partial charge in [-0.05, 0) is 48.9 Å². The highest BCUT2D eigenvalue weighted by atomic mass is 19.1. The molecule has 3 aromatic carbocycles. The van der Waals surface area contributed by atoms with E-state index in [1.807, 2.05) is 60.3 Å². The molecule has 5 nitrogen and oxygen atoms in total. The maximum Gasteiger partial charge on any atom is 0.255 e. The fraction of sp³-hybridized carbons (Fsp3) is 0.154. The number of carbonyl (C=O) groups is 2. The van der Waals surface area contributed by atoms with Gasteiger partial charge in [-0.1, -0.05) is 36.4 Å². The molecule has 0 radical (unpaired) electrons. The van der Waals surface area contributed by atoms with Crippen molar-refractivity contribution in [1.82, 2.24) is 9.47 Å². The Kier molecular flexibility index (Phi) is 4.78. The topological polar surface area (TPSA) is 54.3 Å². The highest BCUT2D eigenvalue weighted by Crippen LogP contribution is 2.42. The van der Waals surface area contributed by atoms with Gasteiger partial charge in [0.1, 0.15) is 11.9 Å². The standard InChI is InChI=1S/C26H22FN3O2/c1-16(25(31)28-18-13-11-17(27)12-14-18)30-24(20-8-3-4-9-21(20)26(30)32)22-15-29(2)23-10-6-5-7-19(22)23/h3-16,24H,1-2H3,(H,28,31)/t16-,24+/m1/s1. The zero-order valence-electron chi connectivity index (χ0n) is 17.7. The Morgan fingerprint density at radius 2 is 1.66 bits per heavy atom. The van der Waals surface area contributed by atoms with Gasteiger partial charge in [0.2, 0.25) is 5.91 Å². The van der Waals surface area contributed by atoms with E-state index >= 15 is 0 Å². The summed E-state index contributed by atoms with van der Waals surface area (Å²) in [6.45, 7) is 1.72. The van der Waals surface area contributed by atoms with Gasteiger partial charge in [-0.15, -0.1) is 0 Å². The average molecular weight is 427 g/mol. The molecule has 2 heterocycles. The van der Waals surface area contributed by atoms with Gasteiger partial charge in [0, 0.05) is 41.0 Å². The minimum Gasteiger partial charge on any atom is -0.350 e. The first-order chi connectivity index (χ1) is 15.5. The van der Waals surface area contributed by atoms with Crippen molar-refractivity contribution >= 4 is 28.4 Å². The summed E-state index contributed by atoms with van der Waals surface area (Å²) in [4.78, 5) is 28.2. The molecule has 0 spiro atoms. The normalized spacial score (nSPS) is 16.3. The molecule has 4 aromatic rings. The number of halogens is 1. The molecule has 32 heavy (non-hydrogen) atoms. The molecule has 0 saturated carbocycles. The summed E-state index contributed by atoms with van der Waals surface area (Å²) in [5.74, 6) is -0.888. The van der Waals surface area contributed by atoms with Crippen LogP contribution in [0.4, 0.5) is 10.1 Å². The van der Waals surface area contributed by atoms with E-state index in [4.69, 9.17) is 0 Å². The van der Waals surface area contributed by atoms with E-state index in [0.29, 0.717) is 11.3 Å². The van der Waals surface area contributed by atoms with Crippen LogP contribution in [0.1, 0.15) is 34.5 Å². The molecule has 0 fully saturated rings. The molecular formula is C26H22FN3O2. The average Bonchev–Trinajstić information content (AvgIpc) is 3.29. The lowest BCUT2D eigenvalue weighted by Gasteiger charge is -2.30. The van der Waals surface area contributed by atoms with E-state index < -0.39 is 12.1 Å². The predicted octanol–water partition coefficient (Wildman–Crippen LogP) is 4.89. The van der Waals surface area contributed by atoms with Gasteiger partial charge in [0.25, 0.3) is 5.91 Å². The molecule has 0 bridgehead atoms. The van der Waals surface area contributed by atoms with Gasteiger partial charge in [0.15, 0.2) is 0 Å². The molecule has 2 amide bonds. The molecule has 1 aliphatic rings. The molecule has 0 unspecified atom stereocenters. The third-order valence-corrected chi connectivity index (χ3v) is 6.13. The summed E-state index contributed by atoms with van der Waals surface area (Å²) in [5, 5.41) is 3.85. The summed E-state index contributed by atoms with van der Waals surface area (Å²) >= 11 is 0. The first kappa shape index (κ1) is 20.0. The molecule has 160 valence electrons. The van der Waals surface area contributed by atoms with Gasteiger partial charge in [0.05, 0.1) is 6.04 Å². The monoisotopic (exact) mass is 427 g/mol. The van der Waals surface area contributed by atoms with Crippen LogP contribution in [-0.4, -0.2) is 27.3 Å². The number of hydrogen-bond donors (Lipinski definition) is 1. The zero-order valence-corrected chi connectivity index (χ0v) is 17.7. The van der Waals surface area contributed by atoms with E-state index in [0.717, 1.165) is 22.0 Å². The Morgan fingerprint density at radius 3 is 2.44 bits per heavy atom. The quantitative estimate of drug-likeness (QED) is 0.504. The molecule has 0 saturated heterocycles. The highest BCUT2D eigenvalue weighted by molar-refractivity contribution is 6.05. The third-order valence-electron chi connectivity index (χ3n) is 6.13. The number of carbonyl (C=O) groups excluding carboxylic acids is 2. The number of nitrogens with one attached hydrogen (secondary N) is 1. The smallest absolute Gasteiger partial charge is 0.255 e. The molecule has 1 N–H and O–H groups in total. The zero-order chi connectivity index (χ0) is 22.4. The van der Waals surface area contributed by atoms with Crippen molar-refractivity contribution in [2.24, 2.45) is 7.05 Å². The van der Waals surface area contributed by atoms with Crippen molar-refractivity contribution < 1.29 is 14.0 Å². The van der Waals surface area contributed by atoms with Crippen molar-refractivity contribution in [2.75, 3.05) is 5.32 Å². The Morgan fingerprint density at radius 1 is 0.969 bits per heavy atom. The summed E-state index contributed by atoms with van der Waals surface area (Å²) in [5.41, 5.74) is 4.00. The molecule has 0 aliphatic carbocycles. The number of hydrogen-bond acceptors (Lipinski definition) is 2. The van der Waals surface area contributed by atoms with Crippen LogP contribution in [0.25, 0.3) is 10.9 Å². The van der Waals surface area contributed by atoms with Gasteiger partial charge in [-0.3, -0.25) is 9.59 Å². The van der Waals surface area contributed by atoms with Crippen molar-refractivity contribution in [3.05, 3.63) is 102 Å². The van der Waals surface area contributed by atoms with Crippen molar-refractivity contribution in [2.45, 2.75) is 19.0 Å². The van der Waals surface area contributed by atoms with E-state index in [1.54, 1.807) is 17.9 Å². The van der Waals surface area contributed by atoms with Crippen LogP contribution >= 0.6 is 0 Å². The lowest BCUT2D eigenvalue weighted by atomic mass is 9.97. The van der Waals surface area contributed by atoms with Crippen molar-refractivity contribution in [3.63, 3.8) is 0 Å². The number of rotatable bonds is 4. The van der Waals surface area contributed by atoms with Gasteiger partial charge < -0.3 is 14.8 Å². The number of benzene rings is 3. The molecule has 1 aromatic heterocycles. The second-order valence-corrected chi connectivity index (χ2v) is 8.09. The largest absolute Gasteiger partial charge is 0.350 e. The fourth-order valence-electron chi connectivity index (χ4n) is 4.55. The number of fused-ring (bicyclic) bond motifs is 2. The second kappa shape index (κ2) is 7.64. The molecular weight excluding hydrogens is 405 g/mol. The lowest BCUT2D eigenvalue weighted by molar-refractivity contribution is -0.120. The summed E-state index contributed by atoms with van der Waals surface area (Å²) < 4.78 is 15.3. The number of nitrogens with zero attached hydrogens (tertiary/aromatic N) is 2. The number of aromatic nitrogens is 1. The molecule has 2 atom stereocenters. The number of anilines is 1. The number of amides is 2. The fourth-order valence-corrected chi connectivity index (χ4v) is 4.55. The van der Waals surface area contributed by atoms with Crippen LogP contribution in [0, 0.1) is 5.82 Å².